The average Bonchev–Trinajstić information content (AvgIpc) is 3.07. The van der Waals surface area contributed by atoms with Gasteiger partial charge in [-0.2, -0.15) is 5.10 Å². The number of carbonyl (C=O) groups is 1. The molecule has 0 fully saturated rings. The lowest BCUT2D eigenvalue weighted by Gasteiger charge is -2.13. The Morgan fingerprint density at radius 1 is 1.22 bits per heavy atom. The van der Waals surface area contributed by atoms with Gasteiger partial charge in [0.25, 0.3) is 0 Å². The monoisotopic (exact) mass is 364 g/mol. The van der Waals surface area contributed by atoms with Crippen molar-refractivity contribution in [3.05, 3.63) is 47.6 Å². The number of aromatic nitrogens is 4. The normalized spacial score (nSPS) is 11.4. The van der Waals surface area contributed by atoms with Crippen LogP contribution in [0.1, 0.15) is 37.6 Å². The Balaban J connectivity index is 2.31. The summed E-state index contributed by atoms with van der Waals surface area (Å²) in [6.45, 7) is 8.99. The zero-order valence-electron chi connectivity index (χ0n) is 16.2. The summed E-state index contributed by atoms with van der Waals surface area (Å²) in [6, 6.07) is 2.09. The Bertz CT molecular complexity index is 1000. The number of hydrogen-bond acceptors (Lipinski definition) is 5. The highest BCUT2D eigenvalue weighted by Crippen LogP contribution is 2.34. The fourth-order valence-electron chi connectivity index (χ4n) is 3.18. The van der Waals surface area contributed by atoms with Gasteiger partial charge in [0.15, 0.2) is 5.65 Å². The zero-order chi connectivity index (χ0) is 19.4. The molecule has 0 saturated heterocycles. The van der Waals surface area contributed by atoms with E-state index in [1.807, 2.05) is 37.1 Å². The fourth-order valence-corrected chi connectivity index (χ4v) is 3.18. The second-order valence-electron chi connectivity index (χ2n) is 6.23. The molecule has 0 aliphatic rings. The molecular formula is C21H24N4O2. The second-order valence-corrected chi connectivity index (χ2v) is 6.23. The van der Waals surface area contributed by atoms with Crippen LogP contribution in [0.3, 0.4) is 0 Å². The summed E-state index contributed by atoms with van der Waals surface area (Å²) in [5.74, 6) is -0.364. The van der Waals surface area contributed by atoms with Crippen molar-refractivity contribution >= 4 is 23.1 Å². The van der Waals surface area contributed by atoms with Gasteiger partial charge in [-0.3, -0.25) is 4.98 Å². The average molecular weight is 364 g/mol. The van der Waals surface area contributed by atoms with E-state index in [2.05, 4.69) is 23.1 Å². The lowest BCUT2D eigenvalue weighted by atomic mass is 9.95. The van der Waals surface area contributed by atoms with E-state index in [-0.39, 0.29) is 5.97 Å². The lowest BCUT2D eigenvalue weighted by Crippen LogP contribution is -2.03. The van der Waals surface area contributed by atoms with Crippen molar-refractivity contribution in [3.8, 4) is 11.1 Å². The molecule has 6 nitrogen and oxygen atoms in total. The van der Waals surface area contributed by atoms with Gasteiger partial charge >= 0.3 is 5.97 Å². The van der Waals surface area contributed by atoms with Crippen LogP contribution in [-0.4, -0.2) is 32.3 Å². The highest BCUT2D eigenvalue weighted by Gasteiger charge is 2.18. The number of esters is 1. The van der Waals surface area contributed by atoms with Crippen LogP contribution in [0.15, 0.2) is 30.7 Å². The van der Waals surface area contributed by atoms with Crippen molar-refractivity contribution in [2.45, 2.75) is 40.7 Å². The molecule has 0 saturated carbocycles. The van der Waals surface area contributed by atoms with Gasteiger partial charge in [-0.1, -0.05) is 6.92 Å². The van der Waals surface area contributed by atoms with Gasteiger partial charge in [0.05, 0.1) is 18.5 Å². The standard InChI is InChI=1S/C21H24N4O2/c1-5-18-16(8-9-19(26)27-7-3)20(15-10-14(4)11-22-12-15)17-13-23-25(6-2)21(17)24-18/h8-13H,5-7H2,1-4H3. The first-order valence-corrected chi connectivity index (χ1v) is 9.24. The van der Waals surface area contributed by atoms with E-state index in [0.29, 0.717) is 6.61 Å². The maximum absolute atomic E-state index is 11.9. The van der Waals surface area contributed by atoms with Gasteiger partial charge in [0.2, 0.25) is 0 Å². The van der Waals surface area contributed by atoms with Crippen molar-refractivity contribution in [1.29, 1.82) is 0 Å². The van der Waals surface area contributed by atoms with Crippen LogP contribution in [-0.2, 0) is 22.5 Å². The molecule has 27 heavy (non-hydrogen) atoms. The predicted octanol–water partition coefficient (Wildman–Crippen LogP) is 3.96. The van der Waals surface area contributed by atoms with Gasteiger partial charge in [0, 0.05) is 47.1 Å². The number of nitrogens with zero attached hydrogens (tertiary/aromatic N) is 4. The molecule has 0 amide bonds. The molecule has 0 spiro atoms. The van der Waals surface area contributed by atoms with E-state index >= 15 is 0 Å². The van der Waals surface area contributed by atoms with Crippen LogP contribution in [0.4, 0.5) is 0 Å². The highest BCUT2D eigenvalue weighted by molar-refractivity contribution is 5.99. The second kappa shape index (κ2) is 8.12. The number of hydrogen-bond donors (Lipinski definition) is 0. The molecule has 140 valence electrons. The summed E-state index contributed by atoms with van der Waals surface area (Å²) in [7, 11) is 0. The smallest absolute Gasteiger partial charge is 0.330 e. The minimum Gasteiger partial charge on any atom is -0.463 e. The topological polar surface area (TPSA) is 69.9 Å². The van der Waals surface area contributed by atoms with Crippen LogP contribution >= 0.6 is 0 Å². The third-order valence-corrected chi connectivity index (χ3v) is 4.37. The highest BCUT2D eigenvalue weighted by atomic mass is 16.5. The molecule has 0 atom stereocenters. The summed E-state index contributed by atoms with van der Waals surface area (Å²) < 4.78 is 6.92. The Kier molecular flexibility index (Phi) is 5.64. The van der Waals surface area contributed by atoms with Crippen molar-refractivity contribution in [2.24, 2.45) is 0 Å². The Morgan fingerprint density at radius 2 is 2.04 bits per heavy atom. The van der Waals surface area contributed by atoms with E-state index in [1.165, 1.54) is 6.08 Å². The zero-order valence-corrected chi connectivity index (χ0v) is 16.2. The van der Waals surface area contributed by atoms with Gasteiger partial charge in [-0.25, -0.2) is 14.5 Å². The molecule has 3 heterocycles. The SMILES string of the molecule is CCOC(=O)C=Cc1c(CC)nc2c(cnn2CC)c1-c1cncc(C)c1. The van der Waals surface area contributed by atoms with Crippen molar-refractivity contribution in [2.75, 3.05) is 6.61 Å². The van der Waals surface area contributed by atoms with Crippen LogP contribution < -0.4 is 0 Å². The van der Waals surface area contributed by atoms with Crippen LogP contribution in [0.25, 0.3) is 28.2 Å². The van der Waals surface area contributed by atoms with E-state index in [4.69, 9.17) is 9.72 Å². The van der Waals surface area contributed by atoms with Crippen LogP contribution in [0.2, 0.25) is 0 Å². The lowest BCUT2D eigenvalue weighted by molar-refractivity contribution is -0.137. The molecule has 0 aliphatic carbocycles. The number of carbonyl (C=O) groups excluding carboxylic acids is 1. The van der Waals surface area contributed by atoms with E-state index in [1.54, 1.807) is 13.0 Å². The van der Waals surface area contributed by atoms with Gasteiger partial charge < -0.3 is 4.74 Å². The quantitative estimate of drug-likeness (QED) is 0.489. The first-order chi connectivity index (χ1) is 13.1. The van der Waals surface area contributed by atoms with Gasteiger partial charge in [0.1, 0.15) is 0 Å². The predicted molar refractivity (Wildman–Crippen MR) is 106 cm³/mol. The number of fused-ring (bicyclic) bond motifs is 1. The van der Waals surface area contributed by atoms with E-state index in [9.17, 15) is 4.79 Å². The van der Waals surface area contributed by atoms with Crippen molar-refractivity contribution < 1.29 is 9.53 Å². The molecule has 6 heteroatoms. The summed E-state index contributed by atoms with van der Waals surface area (Å²) in [5.41, 5.74) is 5.71. The largest absolute Gasteiger partial charge is 0.463 e. The third kappa shape index (κ3) is 3.74. The Labute approximate surface area is 158 Å². The summed E-state index contributed by atoms with van der Waals surface area (Å²) in [4.78, 5) is 21.1. The minimum absolute atomic E-state index is 0.346. The summed E-state index contributed by atoms with van der Waals surface area (Å²) in [5, 5.41) is 5.43. The molecule has 0 N–H and O–H groups in total. The molecule has 0 bridgehead atoms. The Morgan fingerprint density at radius 3 is 2.70 bits per heavy atom. The molecule has 0 aliphatic heterocycles. The fraction of sp³-hybridized carbons (Fsp3) is 0.333. The van der Waals surface area contributed by atoms with Gasteiger partial charge in [-0.05, 0) is 44.9 Å². The molecule has 3 aromatic heterocycles. The number of rotatable bonds is 6. The minimum atomic E-state index is -0.364. The van der Waals surface area contributed by atoms with E-state index < -0.39 is 0 Å². The maximum atomic E-state index is 11.9. The molecule has 3 aromatic rings. The van der Waals surface area contributed by atoms with Crippen molar-refractivity contribution in [3.63, 3.8) is 0 Å². The first kappa shape index (κ1) is 18.8. The van der Waals surface area contributed by atoms with Crippen LogP contribution in [0, 0.1) is 6.92 Å². The summed E-state index contributed by atoms with van der Waals surface area (Å²) in [6.07, 6.45) is 9.50. The maximum Gasteiger partial charge on any atom is 0.330 e. The molecular weight excluding hydrogens is 340 g/mol. The van der Waals surface area contributed by atoms with Crippen LogP contribution in [0.5, 0.6) is 0 Å². The van der Waals surface area contributed by atoms with E-state index in [0.717, 1.165) is 51.9 Å². The third-order valence-electron chi connectivity index (χ3n) is 4.37. The first-order valence-electron chi connectivity index (χ1n) is 9.24. The number of aryl methyl sites for hydroxylation is 3. The number of ether oxygens (including phenoxy) is 1. The molecule has 0 unspecified atom stereocenters. The molecule has 0 radical (unpaired) electrons. The van der Waals surface area contributed by atoms with Gasteiger partial charge in [-0.15, -0.1) is 0 Å². The Hall–Kier alpha value is -3.02. The molecule has 3 rings (SSSR count). The summed E-state index contributed by atoms with van der Waals surface area (Å²) >= 11 is 0. The molecule has 0 aromatic carbocycles. The number of pyridine rings is 2. The van der Waals surface area contributed by atoms with Crippen molar-refractivity contribution in [1.82, 2.24) is 19.7 Å².